The molecule has 216 valence electrons. The molecular weight excluding hydrogens is 526 g/mol. The number of pyridine rings is 1. The number of nitrogens with one attached hydrogen (secondary N) is 2. The van der Waals surface area contributed by atoms with Gasteiger partial charge in [-0.3, -0.25) is 19.1 Å². The average molecular weight is 564 g/mol. The Kier molecular flexibility index (Phi) is 5.35. The number of piperidine rings is 1. The maximum atomic E-state index is 14.3. The number of carbonyl (C=O) groups is 1. The molecule has 2 N–H and O–H groups in total. The van der Waals surface area contributed by atoms with Gasteiger partial charge in [0.2, 0.25) is 5.91 Å². The van der Waals surface area contributed by atoms with Crippen LogP contribution in [0.25, 0.3) is 44.3 Å². The van der Waals surface area contributed by atoms with Crippen LogP contribution in [0.2, 0.25) is 0 Å². The van der Waals surface area contributed by atoms with Crippen molar-refractivity contribution in [3.63, 3.8) is 0 Å². The predicted molar refractivity (Wildman–Crippen MR) is 164 cm³/mol. The second kappa shape index (κ2) is 8.75. The zero-order valence-corrected chi connectivity index (χ0v) is 24.9. The number of rotatable bonds is 4. The molecule has 0 saturated carbocycles. The monoisotopic (exact) mass is 563 g/mol. The molecule has 0 unspecified atom stereocenters. The van der Waals surface area contributed by atoms with Crippen molar-refractivity contribution < 1.29 is 4.79 Å². The van der Waals surface area contributed by atoms with Crippen LogP contribution in [0, 0.1) is 5.92 Å². The summed E-state index contributed by atoms with van der Waals surface area (Å²) in [6.45, 7) is 8.65. The number of likely N-dealkylation sites (N-methyl/N-ethyl adjacent to an activating group) is 1. The standard InChI is InChI=1S/C32H37N9O/c1-31(2,22-15-33-16-22)41-10-8-32(9-11-41)27-24(39(4)30(32)42)17-34-29-26(27)25(28(37-29)21-14-35-38(3)18-21)19-6-7-23-20(12-19)13-36-40(23)5/h6-7,12-14,17-18,22,33H,8-11,15-16H2,1-5H3,(H,34,37). The lowest BCUT2D eigenvalue weighted by atomic mass is 9.70. The van der Waals surface area contributed by atoms with Crippen molar-refractivity contribution in [2.24, 2.45) is 20.0 Å². The SMILES string of the molecule is CN1C(=O)C2(CCN(C(C)(C)C3CNC3)CC2)c2c1cnc1[nH]c(-c3cnn(C)c3)c(-c3ccc4c(cnn4C)c3)c21. The smallest absolute Gasteiger partial charge is 0.237 e. The molecule has 1 spiro atoms. The Morgan fingerprint density at radius 3 is 2.48 bits per heavy atom. The summed E-state index contributed by atoms with van der Waals surface area (Å²) < 4.78 is 3.72. The molecule has 10 nitrogen and oxygen atoms in total. The highest BCUT2D eigenvalue weighted by Crippen LogP contribution is 2.54. The number of likely N-dealkylation sites (tertiary alicyclic amines) is 1. The van der Waals surface area contributed by atoms with E-state index in [2.05, 4.69) is 57.4 Å². The highest BCUT2D eigenvalue weighted by molar-refractivity contribution is 6.16. The molecule has 3 aliphatic heterocycles. The van der Waals surface area contributed by atoms with Crippen LogP contribution in [0.1, 0.15) is 32.3 Å². The maximum Gasteiger partial charge on any atom is 0.237 e. The van der Waals surface area contributed by atoms with Crippen molar-refractivity contribution in [2.75, 3.05) is 38.1 Å². The van der Waals surface area contributed by atoms with E-state index in [1.54, 1.807) is 0 Å². The molecule has 0 radical (unpaired) electrons. The van der Waals surface area contributed by atoms with Gasteiger partial charge in [-0.05, 0) is 44.4 Å². The van der Waals surface area contributed by atoms with Crippen molar-refractivity contribution in [3.8, 4) is 22.4 Å². The number of aromatic amines is 1. The number of carbonyl (C=O) groups excluding carboxylic acids is 1. The van der Waals surface area contributed by atoms with Gasteiger partial charge in [0.25, 0.3) is 0 Å². The van der Waals surface area contributed by atoms with Crippen LogP contribution in [-0.4, -0.2) is 79.1 Å². The average Bonchev–Trinajstić information content (AvgIpc) is 3.69. The fourth-order valence-corrected chi connectivity index (χ4v) is 7.77. The van der Waals surface area contributed by atoms with Gasteiger partial charge in [0.05, 0.1) is 40.9 Å². The lowest BCUT2D eigenvalue weighted by Crippen LogP contribution is -2.63. The normalized spacial score (nSPS) is 19.4. The van der Waals surface area contributed by atoms with E-state index < -0.39 is 5.41 Å². The fourth-order valence-electron chi connectivity index (χ4n) is 7.77. The molecule has 2 saturated heterocycles. The Bertz CT molecular complexity index is 1880. The lowest BCUT2D eigenvalue weighted by molar-refractivity contribution is -0.125. The van der Waals surface area contributed by atoms with E-state index in [1.165, 1.54) is 0 Å². The molecule has 7 heterocycles. The third kappa shape index (κ3) is 3.39. The van der Waals surface area contributed by atoms with E-state index in [1.807, 2.05) is 60.2 Å². The van der Waals surface area contributed by atoms with E-state index in [4.69, 9.17) is 4.98 Å². The number of fused-ring (bicyclic) bond motifs is 5. The Balaban J connectivity index is 1.34. The highest BCUT2D eigenvalue weighted by atomic mass is 16.2. The summed E-state index contributed by atoms with van der Waals surface area (Å²) >= 11 is 0. The topological polar surface area (TPSA) is 99.9 Å². The quantitative estimate of drug-likeness (QED) is 0.345. The Morgan fingerprint density at radius 2 is 1.79 bits per heavy atom. The minimum Gasteiger partial charge on any atom is -0.339 e. The summed E-state index contributed by atoms with van der Waals surface area (Å²) in [7, 11) is 5.81. The summed E-state index contributed by atoms with van der Waals surface area (Å²) in [4.78, 5) is 27.3. The molecule has 5 aromatic rings. The van der Waals surface area contributed by atoms with Crippen molar-refractivity contribution in [2.45, 2.75) is 37.6 Å². The first-order chi connectivity index (χ1) is 20.2. The minimum atomic E-state index is -0.586. The molecule has 10 heteroatoms. The highest BCUT2D eigenvalue weighted by Gasteiger charge is 2.54. The lowest BCUT2D eigenvalue weighted by Gasteiger charge is -2.52. The molecule has 0 atom stereocenters. The summed E-state index contributed by atoms with van der Waals surface area (Å²) in [5, 5.41) is 14.5. The fraction of sp³-hybridized carbons (Fsp3) is 0.438. The second-order valence-corrected chi connectivity index (χ2v) is 13.0. The molecule has 1 aromatic carbocycles. The Morgan fingerprint density at radius 1 is 1.00 bits per heavy atom. The number of amides is 1. The largest absolute Gasteiger partial charge is 0.339 e. The maximum absolute atomic E-state index is 14.3. The minimum absolute atomic E-state index is 0.0999. The van der Waals surface area contributed by atoms with E-state index in [0.717, 1.165) is 94.6 Å². The number of aryl methyl sites for hydroxylation is 2. The first-order valence-corrected chi connectivity index (χ1v) is 14.9. The zero-order chi connectivity index (χ0) is 29.0. The molecule has 4 aromatic heterocycles. The van der Waals surface area contributed by atoms with Crippen LogP contribution >= 0.6 is 0 Å². The van der Waals surface area contributed by atoms with Crippen molar-refractivity contribution in [3.05, 3.63) is 48.5 Å². The van der Waals surface area contributed by atoms with E-state index >= 15 is 0 Å². The molecule has 0 aliphatic carbocycles. The molecule has 2 fully saturated rings. The van der Waals surface area contributed by atoms with Crippen LogP contribution in [0.3, 0.4) is 0 Å². The van der Waals surface area contributed by atoms with Crippen LogP contribution in [0.5, 0.6) is 0 Å². The predicted octanol–water partition coefficient (Wildman–Crippen LogP) is 3.83. The van der Waals surface area contributed by atoms with Gasteiger partial charge in [0, 0.05) is 92.4 Å². The van der Waals surface area contributed by atoms with Gasteiger partial charge < -0.3 is 15.2 Å². The van der Waals surface area contributed by atoms with Crippen molar-refractivity contribution in [1.29, 1.82) is 0 Å². The third-order valence-corrected chi connectivity index (χ3v) is 10.6. The van der Waals surface area contributed by atoms with Gasteiger partial charge in [0.1, 0.15) is 5.65 Å². The molecule has 3 aliphatic rings. The number of anilines is 1. The Hall–Kier alpha value is -4.02. The van der Waals surface area contributed by atoms with Gasteiger partial charge in [0.15, 0.2) is 0 Å². The van der Waals surface area contributed by atoms with Gasteiger partial charge in [-0.15, -0.1) is 0 Å². The second-order valence-electron chi connectivity index (χ2n) is 13.0. The molecule has 8 rings (SSSR count). The van der Waals surface area contributed by atoms with Gasteiger partial charge in [-0.1, -0.05) is 6.07 Å². The molecule has 42 heavy (non-hydrogen) atoms. The van der Waals surface area contributed by atoms with Gasteiger partial charge in [-0.25, -0.2) is 4.98 Å². The number of H-pyrrole nitrogens is 1. The van der Waals surface area contributed by atoms with E-state index in [9.17, 15) is 4.79 Å². The third-order valence-electron chi connectivity index (χ3n) is 10.6. The van der Waals surface area contributed by atoms with Crippen LogP contribution in [0.4, 0.5) is 5.69 Å². The summed E-state index contributed by atoms with van der Waals surface area (Å²) in [6.07, 6.45) is 9.30. The first kappa shape index (κ1) is 25.7. The van der Waals surface area contributed by atoms with Crippen LogP contribution in [0.15, 0.2) is 43.0 Å². The van der Waals surface area contributed by atoms with Gasteiger partial charge >= 0.3 is 0 Å². The number of hydrogen-bond donors (Lipinski definition) is 2. The van der Waals surface area contributed by atoms with Gasteiger partial charge in [-0.2, -0.15) is 10.2 Å². The summed E-state index contributed by atoms with van der Waals surface area (Å²) in [5.41, 5.74) is 7.54. The molecule has 1 amide bonds. The summed E-state index contributed by atoms with van der Waals surface area (Å²) in [6, 6.07) is 6.50. The van der Waals surface area contributed by atoms with E-state index in [-0.39, 0.29) is 11.4 Å². The van der Waals surface area contributed by atoms with Crippen LogP contribution in [-0.2, 0) is 24.3 Å². The van der Waals surface area contributed by atoms with Crippen molar-refractivity contribution in [1.82, 2.24) is 39.7 Å². The van der Waals surface area contributed by atoms with Crippen LogP contribution < -0.4 is 10.2 Å². The summed E-state index contributed by atoms with van der Waals surface area (Å²) in [5.74, 6) is 0.824. The Labute approximate surface area is 244 Å². The molecular formula is C32H37N9O. The zero-order valence-electron chi connectivity index (χ0n) is 24.9. The first-order valence-electron chi connectivity index (χ1n) is 14.9. The number of benzene rings is 1. The van der Waals surface area contributed by atoms with E-state index in [0.29, 0.717) is 5.92 Å². The molecule has 0 bridgehead atoms. The number of hydrogen-bond acceptors (Lipinski definition) is 6. The number of aromatic nitrogens is 6. The number of nitrogens with zero attached hydrogens (tertiary/aromatic N) is 7. The van der Waals surface area contributed by atoms with Crippen molar-refractivity contribution >= 4 is 33.5 Å².